The second kappa shape index (κ2) is 7.79. The van der Waals surface area contributed by atoms with E-state index < -0.39 is 16.9 Å². The van der Waals surface area contributed by atoms with Gasteiger partial charge in [-0.05, 0) is 37.2 Å². The molecule has 3 heteroatoms. The molecule has 0 N–H and O–H groups in total. The smallest absolute Gasteiger partial charge is 0.0845 e. The van der Waals surface area contributed by atoms with Crippen molar-refractivity contribution in [3.8, 4) is 0 Å². The molecule has 0 aromatic heterocycles. The van der Waals surface area contributed by atoms with Crippen molar-refractivity contribution in [2.45, 2.75) is 40.4 Å². The molecule has 0 unspecified atom stereocenters. The zero-order valence-electron chi connectivity index (χ0n) is 17.2. The number of hydrogen-bond donors (Lipinski definition) is 0. The number of halogens is 1. The summed E-state index contributed by atoms with van der Waals surface area (Å²) < 4.78 is 0. The lowest BCUT2D eigenvalue weighted by Gasteiger charge is -2.25. The van der Waals surface area contributed by atoms with E-state index in [2.05, 4.69) is 88.9 Å². The van der Waals surface area contributed by atoms with E-state index in [0.29, 0.717) is 0 Å². The predicted octanol–water partition coefficient (Wildman–Crippen LogP) is 4.33. The molecule has 0 fully saturated rings. The fourth-order valence-corrected chi connectivity index (χ4v) is 8.56. The van der Waals surface area contributed by atoms with Crippen LogP contribution in [-0.2, 0) is 0 Å². The Morgan fingerprint density at radius 3 is 2.00 bits per heavy atom. The third-order valence-corrected chi connectivity index (χ3v) is 10.7. The Hall–Kier alpha value is -1.62. The molecule has 0 aliphatic heterocycles. The molecular weight excluding hydrogens is 380 g/mol. The van der Waals surface area contributed by atoms with Gasteiger partial charge in [-0.2, -0.15) is 0 Å². The van der Waals surface area contributed by atoms with Gasteiger partial charge in [0, 0.05) is 5.02 Å². The average molecular weight is 408 g/mol. The van der Waals surface area contributed by atoms with E-state index in [-0.39, 0.29) is 0 Å². The first-order chi connectivity index (χ1) is 12.7. The molecule has 0 saturated heterocycles. The molecule has 27 heavy (non-hydrogen) atoms. The molecule has 0 saturated carbocycles. The maximum atomic E-state index is 6.73. The Labute approximate surface area is 171 Å². The van der Waals surface area contributed by atoms with Crippen LogP contribution in [0.2, 0.25) is 24.7 Å². The number of aryl methyl sites for hydroxylation is 3. The lowest BCUT2D eigenvalue weighted by atomic mass is 10.2. The SMILES string of the molecule is Cc1cc([Si](c2ccccc2Cl)c2c(C)cccc2C)cc([Si](C)(C)C)c1. The molecule has 0 bridgehead atoms. The van der Waals surface area contributed by atoms with Gasteiger partial charge in [-0.25, -0.2) is 0 Å². The van der Waals surface area contributed by atoms with Crippen LogP contribution in [0.15, 0.2) is 60.7 Å². The molecule has 0 amide bonds. The molecule has 0 spiro atoms. The normalized spacial score (nSPS) is 11.9. The fraction of sp³-hybridized carbons (Fsp3) is 0.250. The average Bonchev–Trinajstić information content (AvgIpc) is 2.58. The van der Waals surface area contributed by atoms with Crippen LogP contribution in [0.1, 0.15) is 16.7 Å². The topological polar surface area (TPSA) is 0 Å². The van der Waals surface area contributed by atoms with E-state index >= 15 is 0 Å². The lowest BCUT2D eigenvalue weighted by Crippen LogP contribution is -2.56. The van der Waals surface area contributed by atoms with Crippen LogP contribution in [0.25, 0.3) is 0 Å². The van der Waals surface area contributed by atoms with Gasteiger partial charge in [-0.1, -0.05) is 113 Å². The summed E-state index contributed by atoms with van der Waals surface area (Å²) in [7, 11) is -2.58. The highest BCUT2D eigenvalue weighted by Crippen LogP contribution is 2.11. The highest BCUT2D eigenvalue weighted by molar-refractivity contribution is 6.97. The summed E-state index contributed by atoms with van der Waals surface area (Å²) in [6.07, 6.45) is 0. The fourth-order valence-electron chi connectivity index (χ4n) is 3.67. The standard InChI is InChI=1S/C24H28ClSi2/c1-17-14-20(16-21(15-17)27(4,5)6)26(23-13-8-7-12-22(23)25)24-18(2)10-9-11-19(24)3/h7-16H,1-6H3. The van der Waals surface area contributed by atoms with Gasteiger partial charge in [0.1, 0.15) is 0 Å². The molecule has 0 nitrogen and oxygen atoms in total. The minimum absolute atomic E-state index is 0.880. The Kier molecular flexibility index (Phi) is 5.80. The van der Waals surface area contributed by atoms with Crippen molar-refractivity contribution >= 4 is 49.2 Å². The van der Waals surface area contributed by atoms with Gasteiger partial charge in [-0.15, -0.1) is 0 Å². The second-order valence-electron chi connectivity index (χ2n) is 8.46. The molecule has 0 heterocycles. The second-order valence-corrected chi connectivity index (χ2v) is 16.3. The molecular formula is C24H28ClSi2. The number of benzene rings is 3. The van der Waals surface area contributed by atoms with Gasteiger partial charge in [-0.3, -0.25) is 0 Å². The van der Waals surface area contributed by atoms with Crippen molar-refractivity contribution in [2.24, 2.45) is 0 Å². The summed E-state index contributed by atoms with van der Waals surface area (Å²) in [4.78, 5) is 0. The Morgan fingerprint density at radius 1 is 0.778 bits per heavy atom. The van der Waals surface area contributed by atoms with E-state index in [4.69, 9.17) is 11.6 Å². The monoisotopic (exact) mass is 407 g/mol. The van der Waals surface area contributed by atoms with Gasteiger partial charge < -0.3 is 0 Å². The molecule has 0 aliphatic carbocycles. The van der Waals surface area contributed by atoms with E-state index in [1.807, 2.05) is 12.1 Å². The Balaban J connectivity index is 2.33. The molecule has 0 aliphatic rings. The minimum Gasteiger partial charge on any atom is -0.0845 e. The summed E-state index contributed by atoms with van der Waals surface area (Å²) in [5.74, 6) is 0. The third-order valence-electron chi connectivity index (χ3n) is 5.11. The maximum absolute atomic E-state index is 6.73. The van der Waals surface area contributed by atoms with E-state index in [1.165, 1.54) is 37.4 Å². The predicted molar refractivity (Wildman–Crippen MR) is 126 cm³/mol. The highest BCUT2D eigenvalue weighted by Gasteiger charge is 2.27. The van der Waals surface area contributed by atoms with Crippen LogP contribution in [0.3, 0.4) is 0 Å². The summed E-state index contributed by atoms with van der Waals surface area (Å²) in [6, 6.07) is 22.3. The number of rotatable bonds is 4. The minimum atomic E-state index is -1.40. The van der Waals surface area contributed by atoms with E-state index in [0.717, 1.165) is 5.02 Å². The number of hydrogen-bond acceptors (Lipinski definition) is 0. The third kappa shape index (κ3) is 4.29. The van der Waals surface area contributed by atoms with Crippen LogP contribution >= 0.6 is 11.6 Å². The first-order valence-electron chi connectivity index (χ1n) is 9.49. The molecule has 3 rings (SSSR count). The summed E-state index contributed by atoms with van der Waals surface area (Å²) in [5.41, 5.74) is 4.07. The van der Waals surface area contributed by atoms with Crippen molar-refractivity contribution in [3.63, 3.8) is 0 Å². The largest absolute Gasteiger partial charge is 0.157 e. The van der Waals surface area contributed by atoms with Gasteiger partial charge in [0.2, 0.25) is 0 Å². The van der Waals surface area contributed by atoms with Gasteiger partial charge in [0.05, 0.1) is 8.07 Å². The summed E-state index contributed by atoms with van der Waals surface area (Å²) in [6.45, 7) is 14.0. The van der Waals surface area contributed by atoms with Crippen molar-refractivity contribution < 1.29 is 0 Å². The Morgan fingerprint density at radius 2 is 1.41 bits per heavy atom. The van der Waals surface area contributed by atoms with E-state index in [1.54, 1.807) is 0 Å². The van der Waals surface area contributed by atoms with Crippen LogP contribution in [0.5, 0.6) is 0 Å². The van der Waals surface area contributed by atoms with Gasteiger partial charge in [0.25, 0.3) is 0 Å². The van der Waals surface area contributed by atoms with Crippen LogP contribution in [0.4, 0.5) is 0 Å². The quantitative estimate of drug-likeness (QED) is 0.446. The summed E-state index contributed by atoms with van der Waals surface area (Å²) in [5, 5.41) is 6.61. The van der Waals surface area contributed by atoms with Gasteiger partial charge >= 0.3 is 0 Å². The first-order valence-corrected chi connectivity index (χ1v) is 14.9. The summed E-state index contributed by atoms with van der Waals surface area (Å²) >= 11 is 6.73. The van der Waals surface area contributed by atoms with Gasteiger partial charge in [0.15, 0.2) is 8.80 Å². The zero-order chi connectivity index (χ0) is 19.8. The van der Waals surface area contributed by atoms with Crippen molar-refractivity contribution in [3.05, 3.63) is 82.4 Å². The van der Waals surface area contributed by atoms with Crippen LogP contribution < -0.4 is 20.7 Å². The molecule has 139 valence electrons. The maximum Gasteiger partial charge on any atom is 0.157 e. The molecule has 3 aromatic rings. The van der Waals surface area contributed by atoms with Crippen molar-refractivity contribution in [2.75, 3.05) is 0 Å². The molecule has 1 radical (unpaired) electrons. The highest BCUT2D eigenvalue weighted by atomic mass is 35.5. The molecule has 0 atom stereocenters. The Bertz CT molecular complexity index is 950. The zero-order valence-corrected chi connectivity index (χ0v) is 19.9. The van der Waals surface area contributed by atoms with Crippen molar-refractivity contribution in [1.29, 1.82) is 0 Å². The van der Waals surface area contributed by atoms with Crippen molar-refractivity contribution in [1.82, 2.24) is 0 Å². The van der Waals surface area contributed by atoms with Crippen LogP contribution in [-0.4, -0.2) is 16.9 Å². The van der Waals surface area contributed by atoms with Crippen LogP contribution in [0, 0.1) is 20.8 Å². The van der Waals surface area contributed by atoms with E-state index in [9.17, 15) is 0 Å². The first kappa shape index (κ1) is 20.1. The lowest BCUT2D eigenvalue weighted by molar-refractivity contribution is 1.42. The molecule has 3 aromatic carbocycles.